The first kappa shape index (κ1) is 16.5. The molecule has 2 N–H and O–H groups in total. The number of benzene rings is 2. The number of para-hydroxylation sites is 2. The van der Waals surface area contributed by atoms with E-state index >= 15 is 0 Å². The molecule has 0 radical (unpaired) electrons. The first-order valence-corrected chi connectivity index (χ1v) is 8.92. The van der Waals surface area contributed by atoms with Crippen LogP contribution in [0, 0.1) is 13.8 Å². The molecule has 2 aromatic carbocycles. The number of esters is 1. The smallest absolute Gasteiger partial charge is 0.318 e. The molecule has 0 saturated heterocycles. The summed E-state index contributed by atoms with van der Waals surface area (Å²) in [6.07, 6.45) is 0. The molecule has 0 amide bonds. The van der Waals surface area contributed by atoms with E-state index < -0.39 is 5.92 Å². The average molecular weight is 346 g/mol. The van der Waals surface area contributed by atoms with Crippen LogP contribution < -0.4 is 0 Å². The van der Waals surface area contributed by atoms with Gasteiger partial charge in [-0.25, -0.2) is 0 Å². The molecule has 0 aliphatic heterocycles. The maximum atomic E-state index is 13.1. The van der Waals surface area contributed by atoms with Gasteiger partial charge < -0.3 is 14.7 Å². The van der Waals surface area contributed by atoms with Crippen LogP contribution in [-0.2, 0) is 9.53 Å². The van der Waals surface area contributed by atoms with Crippen molar-refractivity contribution in [2.24, 2.45) is 0 Å². The molecule has 26 heavy (non-hydrogen) atoms. The van der Waals surface area contributed by atoms with E-state index in [0.717, 1.165) is 44.3 Å². The summed E-state index contributed by atoms with van der Waals surface area (Å²) < 4.78 is 5.49. The lowest BCUT2D eigenvalue weighted by molar-refractivity contribution is -0.143. The minimum absolute atomic E-state index is 0.215. The van der Waals surface area contributed by atoms with Crippen LogP contribution in [0.1, 0.15) is 35.4 Å². The summed E-state index contributed by atoms with van der Waals surface area (Å²) in [6, 6.07) is 16.2. The lowest BCUT2D eigenvalue weighted by Gasteiger charge is -2.17. The first-order valence-electron chi connectivity index (χ1n) is 8.92. The van der Waals surface area contributed by atoms with E-state index in [1.54, 1.807) is 0 Å². The number of aromatic amines is 2. The monoisotopic (exact) mass is 346 g/mol. The van der Waals surface area contributed by atoms with E-state index in [1.807, 2.05) is 57.2 Å². The molecule has 0 aliphatic rings. The number of hydrogen-bond donors (Lipinski definition) is 2. The second-order valence-corrected chi connectivity index (χ2v) is 6.60. The Kier molecular flexibility index (Phi) is 4.03. The van der Waals surface area contributed by atoms with E-state index in [-0.39, 0.29) is 5.97 Å². The quantitative estimate of drug-likeness (QED) is 0.513. The Bertz CT molecular complexity index is 1020. The number of aromatic nitrogens is 2. The lowest BCUT2D eigenvalue weighted by atomic mass is 9.87. The van der Waals surface area contributed by atoms with Crippen molar-refractivity contribution in [1.82, 2.24) is 9.97 Å². The fourth-order valence-corrected chi connectivity index (χ4v) is 3.95. The molecule has 2 aromatic heterocycles. The van der Waals surface area contributed by atoms with Gasteiger partial charge in [-0.05, 0) is 44.0 Å². The van der Waals surface area contributed by atoms with E-state index in [0.29, 0.717) is 6.61 Å². The Morgan fingerprint density at radius 3 is 1.81 bits per heavy atom. The van der Waals surface area contributed by atoms with Crippen LogP contribution in [0.15, 0.2) is 48.5 Å². The number of ether oxygens (including phenoxy) is 1. The van der Waals surface area contributed by atoms with Crippen LogP contribution in [0.3, 0.4) is 0 Å². The molecular formula is C22H22N2O2. The summed E-state index contributed by atoms with van der Waals surface area (Å²) in [7, 11) is 0. The Morgan fingerprint density at radius 2 is 1.35 bits per heavy atom. The second kappa shape index (κ2) is 6.37. The molecule has 0 spiro atoms. The minimum Gasteiger partial charge on any atom is -0.465 e. The molecule has 2 heterocycles. The fourth-order valence-electron chi connectivity index (χ4n) is 3.95. The largest absolute Gasteiger partial charge is 0.465 e. The Hall–Kier alpha value is -3.01. The molecule has 4 nitrogen and oxygen atoms in total. The van der Waals surface area contributed by atoms with Gasteiger partial charge in [-0.1, -0.05) is 36.4 Å². The van der Waals surface area contributed by atoms with Crippen LogP contribution in [0.2, 0.25) is 0 Å². The number of nitrogens with one attached hydrogen (secondary N) is 2. The second-order valence-electron chi connectivity index (χ2n) is 6.60. The molecule has 0 fully saturated rings. The molecule has 4 aromatic rings. The number of hydrogen-bond acceptors (Lipinski definition) is 2. The number of aryl methyl sites for hydroxylation is 2. The molecule has 0 aliphatic carbocycles. The highest BCUT2D eigenvalue weighted by Gasteiger charge is 2.32. The third kappa shape index (κ3) is 2.49. The maximum Gasteiger partial charge on any atom is 0.318 e. The van der Waals surface area contributed by atoms with Crippen molar-refractivity contribution >= 4 is 27.8 Å². The van der Waals surface area contributed by atoms with Gasteiger partial charge in [0, 0.05) is 33.2 Å². The SMILES string of the molecule is CCOC(=O)C(c1c(C)[nH]c2ccccc12)c1c(C)[nH]c2ccccc12. The molecule has 0 unspecified atom stereocenters. The topological polar surface area (TPSA) is 57.9 Å². The number of fused-ring (bicyclic) bond motifs is 2. The third-order valence-electron chi connectivity index (χ3n) is 4.99. The van der Waals surface area contributed by atoms with Crippen LogP contribution in [0.5, 0.6) is 0 Å². The van der Waals surface area contributed by atoms with Crippen molar-refractivity contribution in [1.29, 1.82) is 0 Å². The van der Waals surface area contributed by atoms with Crippen molar-refractivity contribution < 1.29 is 9.53 Å². The standard InChI is InChI=1S/C22H22N2O2/c1-4-26-22(25)21(19-13(2)23-17-11-7-5-9-15(17)19)20-14(3)24-18-12-8-6-10-16(18)20/h5-12,21,23-24H,4H2,1-3H3. The van der Waals surface area contributed by atoms with Gasteiger partial charge in [0.15, 0.2) is 0 Å². The van der Waals surface area contributed by atoms with E-state index in [4.69, 9.17) is 4.74 Å². The fraction of sp³-hybridized carbons (Fsp3) is 0.227. The van der Waals surface area contributed by atoms with Crippen LogP contribution >= 0.6 is 0 Å². The summed E-state index contributed by atoms with van der Waals surface area (Å²) in [5.41, 5.74) is 6.04. The van der Waals surface area contributed by atoms with Gasteiger partial charge in [-0.2, -0.15) is 0 Å². The van der Waals surface area contributed by atoms with Gasteiger partial charge in [0.25, 0.3) is 0 Å². The van der Waals surface area contributed by atoms with E-state index in [2.05, 4.69) is 22.1 Å². The summed E-state index contributed by atoms with van der Waals surface area (Å²) in [5, 5.41) is 2.13. The van der Waals surface area contributed by atoms with E-state index in [9.17, 15) is 4.79 Å². The van der Waals surface area contributed by atoms with Gasteiger partial charge >= 0.3 is 5.97 Å². The Balaban J connectivity index is 2.03. The van der Waals surface area contributed by atoms with Crippen molar-refractivity contribution in [2.45, 2.75) is 26.7 Å². The maximum absolute atomic E-state index is 13.1. The zero-order chi connectivity index (χ0) is 18.3. The molecule has 0 saturated carbocycles. The predicted molar refractivity (Wildman–Crippen MR) is 105 cm³/mol. The summed E-state index contributed by atoms with van der Waals surface area (Å²) >= 11 is 0. The predicted octanol–water partition coefficient (Wildman–Crippen LogP) is 4.96. The summed E-state index contributed by atoms with van der Waals surface area (Å²) in [4.78, 5) is 19.9. The van der Waals surface area contributed by atoms with E-state index in [1.165, 1.54) is 0 Å². The van der Waals surface area contributed by atoms with Gasteiger partial charge in [0.1, 0.15) is 5.92 Å². The van der Waals surface area contributed by atoms with Crippen LogP contribution in [0.4, 0.5) is 0 Å². The van der Waals surface area contributed by atoms with Gasteiger partial charge in [0.2, 0.25) is 0 Å². The Labute approximate surface area is 152 Å². The van der Waals surface area contributed by atoms with Crippen LogP contribution in [-0.4, -0.2) is 22.5 Å². The zero-order valence-electron chi connectivity index (χ0n) is 15.2. The molecule has 4 heteroatoms. The van der Waals surface area contributed by atoms with Crippen molar-refractivity contribution in [3.63, 3.8) is 0 Å². The normalized spacial score (nSPS) is 11.5. The van der Waals surface area contributed by atoms with Crippen molar-refractivity contribution in [3.8, 4) is 0 Å². The van der Waals surface area contributed by atoms with Gasteiger partial charge in [-0.3, -0.25) is 4.79 Å². The molecule has 132 valence electrons. The molecule has 0 atom stereocenters. The summed E-state index contributed by atoms with van der Waals surface area (Å²) in [5.74, 6) is -0.685. The number of carbonyl (C=O) groups is 1. The highest BCUT2D eigenvalue weighted by Crippen LogP contribution is 2.39. The van der Waals surface area contributed by atoms with Crippen LogP contribution in [0.25, 0.3) is 21.8 Å². The highest BCUT2D eigenvalue weighted by atomic mass is 16.5. The van der Waals surface area contributed by atoms with Crippen molar-refractivity contribution in [2.75, 3.05) is 6.61 Å². The molecule has 0 bridgehead atoms. The first-order chi connectivity index (χ1) is 12.6. The van der Waals surface area contributed by atoms with Gasteiger partial charge in [-0.15, -0.1) is 0 Å². The summed E-state index contributed by atoms with van der Waals surface area (Å²) in [6.45, 7) is 6.24. The van der Waals surface area contributed by atoms with Crippen molar-refractivity contribution in [3.05, 3.63) is 71.0 Å². The van der Waals surface area contributed by atoms with Gasteiger partial charge in [0.05, 0.1) is 6.61 Å². The molecular weight excluding hydrogens is 324 g/mol. The number of rotatable bonds is 4. The highest BCUT2D eigenvalue weighted by molar-refractivity contribution is 5.98. The number of H-pyrrole nitrogens is 2. The Morgan fingerprint density at radius 1 is 0.885 bits per heavy atom. The number of carbonyl (C=O) groups excluding carboxylic acids is 1. The third-order valence-corrected chi connectivity index (χ3v) is 4.99. The molecule has 4 rings (SSSR count). The zero-order valence-corrected chi connectivity index (χ0v) is 15.2. The minimum atomic E-state index is -0.470. The average Bonchev–Trinajstić information content (AvgIpc) is 3.13. The lowest BCUT2D eigenvalue weighted by Crippen LogP contribution is -2.18.